The number of benzene rings is 1. The van der Waals surface area contributed by atoms with Gasteiger partial charge in [0.05, 0.1) is 5.69 Å². The van der Waals surface area contributed by atoms with Crippen LogP contribution < -0.4 is 4.74 Å². The van der Waals surface area contributed by atoms with Gasteiger partial charge in [-0.1, -0.05) is 28.0 Å². The number of ether oxygens (including phenoxy) is 1. The van der Waals surface area contributed by atoms with E-state index in [0.717, 1.165) is 21.1 Å². The molecule has 0 atom stereocenters. The Morgan fingerprint density at radius 1 is 1.12 bits per heavy atom. The normalized spacial score (nSPS) is 12.0. The highest BCUT2D eigenvalue weighted by Gasteiger charge is 2.31. The molecule has 134 valence electrons. The van der Waals surface area contributed by atoms with Crippen LogP contribution in [0.5, 0.6) is 5.75 Å². The quantitative estimate of drug-likeness (QED) is 0.524. The maximum Gasteiger partial charge on any atom is 0.573 e. The number of nitrogens with zero attached hydrogens (tertiary/aromatic N) is 6. The number of aromatic nitrogens is 6. The average molecular weight is 398 g/mol. The smallest absolute Gasteiger partial charge is 0.406 e. The molecule has 3 heterocycles. The van der Waals surface area contributed by atoms with Gasteiger partial charge in [0.15, 0.2) is 10.8 Å². The molecule has 0 unspecified atom stereocenters. The molecule has 1 aromatic carbocycles. The van der Waals surface area contributed by atoms with Crippen molar-refractivity contribution in [2.75, 3.05) is 0 Å². The third kappa shape index (κ3) is 3.37. The number of halogens is 3. The molecular formula is C14H9F3N6OS2. The molecule has 26 heavy (non-hydrogen) atoms. The Labute approximate surface area is 152 Å². The fourth-order valence-electron chi connectivity index (χ4n) is 2.28. The van der Waals surface area contributed by atoms with Gasteiger partial charge in [-0.2, -0.15) is 9.61 Å². The van der Waals surface area contributed by atoms with Crippen molar-refractivity contribution >= 4 is 27.8 Å². The Bertz CT molecular complexity index is 1050. The first-order valence-corrected chi connectivity index (χ1v) is 8.83. The highest BCUT2D eigenvalue weighted by molar-refractivity contribution is 7.23. The Balaban J connectivity index is 1.58. The molecule has 0 bridgehead atoms. The van der Waals surface area contributed by atoms with E-state index in [9.17, 15) is 13.2 Å². The third-order valence-corrected chi connectivity index (χ3v) is 5.30. The predicted molar refractivity (Wildman–Crippen MR) is 88.2 cm³/mol. The minimum Gasteiger partial charge on any atom is -0.406 e. The summed E-state index contributed by atoms with van der Waals surface area (Å²) in [6.45, 7) is 1.85. The summed E-state index contributed by atoms with van der Waals surface area (Å²) in [6, 6.07) is 5.62. The zero-order valence-corrected chi connectivity index (χ0v) is 14.7. The fourth-order valence-corrected chi connectivity index (χ4v) is 3.90. The van der Waals surface area contributed by atoms with Crippen LogP contribution in [0.2, 0.25) is 0 Å². The molecule has 4 aromatic rings. The van der Waals surface area contributed by atoms with Crippen molar-refractivity contribution in [3.63, 3.8) is 0 Å². The summed E-state index contributed by atoms with van der Waals surface area (Å²) in [5.74, 6) is 0.318. The van der Waals surface area contributed by atoms with E-state index < -0.39 is 6.36 Å². The van der Waals surface area contributed by atoms with E-state index in [-0.39, 0.29) is 5.75 Å². The maximum absolute atomic E-state index is 12.2. The molecular weight excluding hydrogens is 389 g/mol. The Morgan fingerprint density at radius 3 is 2.54 bits per heavy atom. The Hall–Kier alpha value is -2.60. The topological polar surface area (TPSA) is 78.1 Å². The van der Waals surface area contributed by atoms with Crippen molar-refractivity contribution in [1.82, 2.24) is 29.4 Å². The van der Waals surface area contributed by atoms with Gasteiger partial charge in [0.25, 0.3) is 0 Å². The molecule has 0 aliphatic carbocycles. The number of rotatable bonds is 4. The van der Waals surface area contributed by atoms with E-state index in [1.165, 1.54) is 35.0 Å². The van der Waals surface area contributed by atoms with Crippen molar-refractivity contribution in [2.45, 2.75) is 19.7 Å². The summed E-state index contributed by atoms with van der Waals surface area (Å²) in [6.07, 6.45) is -4.34. The second-order valence-electron chi connectivity index (χ2n) is 5.27. The lowest BCUT2D eigenvalue weighted by Gasteiger charge is -2.08. The van der Waals surface area contributed by atoms with Crippen molar-refractivity contribution in [3.8, 4) is 15.6 Å². The molecule has 0 fully saturated rings. The minimum atomic E-state index is -4.71. The first kappa shape index (κ1) is 16.8. The second kappa shape index (κ2) is 6.29. The summed E-state index contributed by atoms with van der Waals surface area (Å²) in [7, 11) is 0. The Morgan fingerprint density at radius 2 is 1.88 bits per heavy atom. The fraction of sp³-hybridized carbons (Fsp3) is 0.214. The van der Waals surface area contributed by atoms with Crippen LogP contribution in [0.15, 0.2) is 24.3 Å². The summed E-state index contributed by atoms with van der Waals surface area (Å²) >= 11 is 2.63. The van der Waals surface area contributed by atoms with Crippen LogP contribution in [0.3, 0.4) is 0 Å². The number of fused-ring (bicyclic) bond motifs is 1. The van der Waals surface area contributed by atoms with E-state index in [4.69, 9.17) is 0 Å². The molecule has 0 aliphatic rings. The number of hydrogen-bond acceptors (Lipinski definition) is 8. The van der Waals surface area contributed by atoms with Crippen molar-refractivity contribution in [1.29, 1.82) is 0 Å². The highest BCUT2D eigenvalue weighted by Crippen LogP contribution is 2.30. The molecule has 3 aromatic heterocycles. The largest absolute Gasteiger partial charge is 0.573 e. The van der Waals surface area contributed by atoms with Crippen LogP contribution in [-0.4, -0.2) is 35.8 Å². The van der Waals surface area contributed by atoms with Gasteiger partial charge in [0.2, 0.25) is 4.96 Å². The lowest BCUT2D eigenvalue weighted by molar-refractivity contribution is -0.274. The molecule has 12 heteroatoms. The molecule has 0 amide bonds. The molecule has 0 N–H and O–H groups in total. The first-order valence-electron chi connectivity index (χ1n) is 7.24. The molecule has 4 rings (SSSR count). The molecule has 0 aliphatic heterocycles. The van der Waals surface area contributed by atoms with E-state index in [0.29, 0.717) is 17.2 Å². The average Bonchev–Trinajstić information content (AvgIpc) is 3.24. The van der Waals surface area contributed by atoms with Crippen LogP contribution in [-0.2, 0) is 6.42 Å². The van der Waals surface area contributed by atoms with Gasteiger partial charge in [-0.25, -0.2) is 0 Å². The monoisotopic (exact) mass is 398 g/mol. The number of hydrogen-bond donors (Lipinski definition) is 0. The van der Waals surface area contributed by atoms with Crippen molar-refractivity contribution < 1.29 is 17.9 Å². The highest BCUT2D eigenvalue weighted by atomic mass is 32.1. The third-order valence-electron chi connectivity index (χ3n) is 3.42. The SMILES string of the molecule is Cc1nnsc1-c1nn2c(Cc3ccc(OC(F)(F)F)cc3)nnc2s1. The van der Waals surface area contributed by atoms with Gasteiger partial charge in [-0.05, 0) is 36.2 Å². The van der Waals surface area contributed by atoms with E-state index >= 15 is 0 Å². The molecule has 0 saturated carbocycles. The van der Waals surface area contributed by atoms with Gasteiger partial charge < -0.3 is 4.74 Å². The van der Waals surface area contributed by atoms with Gasteiger partial charge in [-0.15, -0.1) is 28.5 Å². The number of alkyl halides is 3. The van der Waals surface area contributed by atoms with Crippen LogP contribution >= 0.6 is 22.9 Å². The van der Waals surface area contributed by atoms with Crippen LogP contribution in [0.1, 0.15) is 17.1 Å². The molecule has 7 nitrogen and oxygen atoms in total. The van der Waals surface area contributed by atoms with Crippen molar-refractivity contribution in [3.05, 3.63) is 41.3 Å². The lowest BCUT2D eigenvalue weighted by Crippen LogP contribution is -2.17. The van der Waals surface area contributed by atoms with Gasteiger partial charge in [0, 0.05) is 6.42 Å². The minimum absolute atomic E-state index is 0.267. The van der Waals surface area contributed by atoms with Crippen LogP contribution in [0.4, 0.5) is 13.2 Å². The predicted octanol–water partition coefficient (Wildman–Crippen LogP) is 3.50. The lowest BCUT2D eigenvalue weighted by atomic mass is 10.1. The van der Waals surface area contributed by atoms with Crippen LogP contribution in [0, 0.1) is 6.92 Å². The standard InChI is InChI=1S/C14H9F3N6OS2/c1-7-11(26-22-18-7)12-21-23-10(19-20-13(23)25-12)6-8-2-4-9(5-3-8)24-14(15,16)17/h2-5H,6H2,1H3. The summed E-state index contributed by atoms with van der Waals surface area (Å²) < 4.78 is 46.0. The van der Waals surface area contributed by atoms with Gasteiger partial charge >= 0.3 is 6.36 Å². The van der Waals surface area contributed by atoms with Crippen LogP contribution in [0.25, 0.3) is 14.8 Å². The molecule has 0 spiro atoms. The summed E-state index contributed by atoms with van der Waals surface area (Å²) in [5, 5.41) is 17.4. The molecule has 0 saturated heterocycles. The maximum atomic E-state index is 12.2. The zero-order chi connectivity index (χ0) is 18.3. The number of aryl methyl sites for hydroxylation is 1. The van der Waals surface area contributed by atoms with E-state index in [2.05, 4.69) is 29.6 Å². The van der Waals surface area contributed by atoms with Gasteiger partial charge in [-0.3, -0.25) is 0 Å². The second-order valence-corrected chi connectivity index (χ2v) is 6.98. The van der Waals surface area contributed by atoms with Crippen molar-refractivity contribution in [2.24, 2.45) is 0 Å². The van der Waals surface area contributed by atoms with E-state index in [1.54, 1.807) is 16.6 Å². The van der Waals surface area contributed by atoms with E-state index in [1.807, 2.05) is 6.92 Å². The summed E-state index contributed by atoms with van der Waals surface area (Å²) in [5.41, 5.74) is 1.56. The molecule has 0 radical (unpaired) electrons. The Kier molecular flexibility index (Phi) is 4.07. The zero-order valence-electron chi connectivity index (χ0n) is 13.1. The van der Waals surface area contributed by atoms with Gasteiger partial charge in [0.1, 0.15) is 10.6 Å². The first-order chi connectivity index (χ1) is 12.4. The summed E-state index contributed by atoms with van der Waals surface area (Å²) in [4.78, 5) is 1.50.